The van der Waals surface area contributed by atoms with Crippen molar-refractivity contribution in [2.24, 2.45) is 5.92 Å². The number of para-hydroxylation sites is 1. The van der Waals surface area contributed by atoms with Gasteiger partial charge in [-0.3, -0.25) is 4.79 Å². The molecule has 0 saturated carbocycles. The first kappa shape index (κ1) is 23.8. The van der Waals surface area contributed by atoms with Gasteiger partial charge in [0.2, 0.25) is 5.76 Å². The summed E-state index contributed by atoms with van der Waals surface area (Å²) in [7, 11) is 0. The van der Waals surface area contributed by atoms with Crippen molar-refractivity contribution in [2.45, 2.75) is 26.8 Å². The van der Waals surface area contributed by atoms with Crippen LogP contribution < -0.4 is 16.0 Å². The molecule has 172 valence electrons. The summed E-state index contributed by atoms with van der Waals surface area (Å²) in [6, 6.07) is 12.0. The van der Waals surface area contributed by atoms with Gasteiger partial charge >= 0.3 is 12.0 Å². The number of carboxylic acid groups (broad SMARTS) is 1. The molecular weight excluding hydrogens is 448 g/mol. The molecule has 1 unspecified atom stereocenters. The number of carbonyl (C=O) groups is 3. The number of nitrogens with zero attached hydrogens (tertiary/aromatic N) is 1. The molecule has 0 spiro atoms. The highest BCUT2D eigenvalue weighted by Gasteiger charge is 2.26. The Kier molecular flexibility index (Phi) is 7.34. The average molecular weight is 471 g/mol. The van der Waals surface area contributed by atoms with Gasteiger partial charge in [-0.15, -0.1) is 0 Å². The van der Waals surface area contributed by atoms with Crippen molar-refractivity contribution in [3.63, 3.8) is 0 Å². The number of carbonyl (C=O) groups excluding carboxylic acids is 2. The number of urea groups is 1. The quantitative estimate of drug-likeness (QED) is 0.392. The van der Waals surface area contributed by atoms with E-state index in [-0.39, 0.29) is 11.7 Å². The van der Waals surface area contributed by atoms with Gasteiger partial charge in [0.25, 0.3) is 5.91 Å². The Hall–Kier alpha value is -3.85. The van der Waals surface area contributed by atoms with Crippen LogP contribution in [0.2, 0.25) is 5.02 Å². The van der Waals surface area contributed by atoms with Gasteiger partial charge in [-0.1, -0.05) is 54.9 Å². The third-order valence-corrected chi connectivity index (χ3v) is 5.17. The predicted octanol–water partition coefficient (Wildman–Crippen LogP) is 4.79. The summed E-state index contributed by atoms with van der Waals surface area (Å²) in [6.45, 7) is 5.22. The largest absolute Gasteiger partial charge is 0.480 e. The molecule has 1 heterocycles. The number of benzene rings is 2. The van der Waals surface area contributed by atoms with E-state index in [9.17, 15) is 19.5 Å². The summed E-state index contributed by atoms with van der Waals surface area (Å²) < 4.78 is 5.08. The van der Waals surface area contributed by atoms with E-state index in [1.54, 1.807) is 50.2 Å². The number of aryl methyl sites for hydroxylation is 1. The van der Waals surface area contributed by atoms with Crippen LogP contribution in [0.3, 0.4) is 0 Å². The van der Waals surface area contributed by atoms with Crippen molar-refractivity contribution in [1.82, 2.24) is 10.5 Å². The molecular formula is C23H23ClN4O5. The van der Waals surface area contributed by atoms with Gasteiger partial charge in [0, 0.05) is 17.3 Å². The number of hydrogen-bond donors (Lipinski definition) is 4. The number of halogens is 1. The molecule has 1 aromatic heterocycles. The summed E-state index contributed by atoms with van der Waals surface area (Å²) in [5.74, 6) is -2.20. The van der Waals surface area contributed by atoms with Gasteiger partial charge in [0.15, 0.2) is 0 Å². The molecule has 2 aromatic carbocycles. The molecule has 0 saturated heterocycles. The average Bonchev–Trinajstić information content (AvgIpc) is 3.25. The molecule has 3 rings (SSSR count). The van der Waals surface area contributed by atoms with E-state index >= 15 is 0 Å². The predicted molar refractivity (Wildman–Crippen MR) is 124 cm³/mol. The maximum atomic E-state index is 12.3. The summed E-state index contributed by atoms with van der Waals surface area (Å²) in [5.41, 5.74) is 2.93. The fourth-order valence-electron chi connectivity index (χ4n) is 3.03. The summed E-state index contributed by atoms with van der Waals surface area (Å²) >= 11 is 6.13. The zero-order chi connectivity index (χ0) is 24.1. The summed E-state index contributed by atoms with van der Waals surface area (Å²) in [4.78, 5) is 35.9. The van der Waals surface area contributed by atoms with Crippen LogP contribution in [0.4, 0.5) is 16.2 Å². The molecule has 0 radical (unpaired) electrons. The first-order chi connectivity index (χ1) is 15.7. The molecule has 0 aliphatic carbocycles. The third-order valence-electron chi connectivity index (χ3n) is 4.85. The number of aromatic nitrogens is 1. The first-order valence-corrected chi connectivity index (χ1v) is 10.5. The lowest BCUT2D eigenvalue weighted by Crippen LogP contribution is -2.44. The second kappa shape index (κ2) is 10.2. The lowest BCUT2D eigenvalue weighted by atomic mass is 10.0. The highest BCUT2D eigenvalue weighted by Crippen LogP contribution is 2.26. The zero-order valence-corrected chi connectivity index (χ0v) is 18.9. The van der Waals surface area contributed by atoms with Crippen molar-refractivity contribution in [3.8, 4) is 11.3 Å². The maximum Gasteiger partial charge on any atom is 0.326 e. The molecule has 0 fully saturated rings. The van der Waals surface area contributed by atoms with Crippen LogP contribution >= 0.6 is 11.6 Å². The first-order valence-electron chi connectivity index (χ1n) is 10.1. The van der Waals surface area contributed by atoms with Crippen LogP contribution in [0.25, 0.3) is 11.3 Å². The molecule has 3 aromatic rings. The molecule has 0 bridgehead atoms. The van der Waals surface area contributed by atoms with Gasteiger partial charge in [0.05, 0.1) is 10.7 Å². The Morgan fingerprint density at radius 1 is 1.06 bits per heavy atom. The summed E-state index contributed by atoms with van der Waals surface area (Å²) in [6.07, 6.45) is 0. The molecule has 0 aliphatic heterocycles. The fraction of sp³-hybridized carbons (Fsp3) is 0.217. The monoisotopic (exact) mass is 470 g/mol. The molecule has 1 atom stereocenters. The Balaban J connectivity index is 1.65. The molecule has 0 aliphatic rings. The second-order valence-electron chi connectivity index (χ2n) is 7.70. The standard InChI is InChI=1S/C23H23ClN4O5/c1-12(2)19(22(30)31)26-21(29)18-11-17(28-33-18)14-7-9-15(10-8-14)25-23(32)27-20-13(3)5-4-6-16(20)24/h4-12,19H,1-3H3,(H,26,29)(H,30,31)(H2,25,27,32). The van der Waals surface area contributed by atoms with Crippen molar-refractivity contribution < 1.29 is 24.0 Å². The lowest BCUT2D eigenvalue weighted by Gasteiger charge is -2.16. The minimum Gasteiger partial charge on any atom is -0.480 e. The van der Waals surface area contributed by atoms with Gasteiger partial charge in [-0.25, -0.2) is 9.59 Å². The molecule has 33 heavy (non-hydrogen) atoms. The molecule has 10 heteroatoms. The van der Waals surface area contributed by atoms with Crippen LogP contribution in [0, 0.1) is 12.8 Å². The number of nitrogens with one attached hydrogen (secondary N) is 3. The third kappa shape index (κ3) is 5.89. The van der Waals surface area contributed by atoms with Gasteiger partial charge in [-0.2, -0.15) is 0 Å². The minimum atomic E-state index is -1.13. The minimum absolute atomic E-state index is 0.103. The van der Waals surface area contributed by atoms with E-state index in [2.05, 4.69) is 21.1 Å². The van der Waals surface area contributed by atoms with Gasteiger partial charge in [0.1, 0.15) is 11.7 Å². The SMILES string of the molecule is Cc1cccc(Cl)c1NC(=O)Nc1ccc(-c2cc(C(=O)NC(C(=O)O)C(C)C)on2)cc1. The molecule has 4 N–H and O–H groups in total. The summed E-state index contributed by atoms with van der Waals surface area (Å²) in [5, 5.41) is 21.4. The smallest absolute Gasteiger partial charge is 0.326 e. The number of aliphatic carboxylic acids is 1. The van der Waals surface area contributed by atoms with Crippen molar-refractivity contribution in [1.29, 1.82) is 0 Å². The fourth-order valence-corrected chi connectivity index (χ4v) is 3.30. The highest BCUT2D eigenvalue weighted by molar-refractivity contribution is 6.34. The number of amides is 3. The van der Waals surface area contributed by atoms with E-state index in [1.807, 2.05) is 13.0 Å². The Labute approximate surface area is 195 Å². The van der Waals surface area contributed by atoms with Crippen molar-refractivity contribution in [2.75, 3.05) is 10.6 Å². The van der Waals surface area contributed by atoms with E-state index in [4.69, 9.17) is 16.1 Å². The number of carboxylic acids is 1. The van der Waals surface area contributed by atoms with Gasteiger partial charge in [-0.05, 0) is 36.6 Å². The van der Waals surface area contributed by atoms with E-state index in [0.29, 0.717) is 27.7 Å². The lowest BCUT2D eigenvalue weighted by molar-refractivity contribution is -0.140. The molecule has 3 amide bonds. The van der Waals surface area contributed by atoms with E-state index in [0.717, 1.165) is 5.56 Å². The maximum absolute atomic E-state index is 12.3. The second-order valence-corrected chi connectivity index (χ2v) is 8.11. The molecule has 9 nitrogen and oxygen atoms in total. The van der Waals surface area contributed by atoms with Crippen molar-refractivity contribution >= 4 is 40.9 Å². The Morgan fingerprint density at radius 3 is 2.36 bits per heavy atom. The number of hydrogen-bond acceptors (Lipinski definition) is 5. The highest BCUT2D eigenvalue weighted by atomic mass is 35.5. The van der Waals surface area contributed by atoms with Crippen LogP contribution in [-0.2, 0) is 4.79 Å². The van der Waals surface area contributed by atoms with Crippen LogP contribution in [0.1, 0.15) is 30.0 Å². The van der Waals surface area contributed by atoms with E-state index in [1.165, 1.54) is 6.07 Å². The number of anilines is 2. The van der Waals surface area contributed by atoms with Crippen LogP contribution in [0.5, 0.6) is 0 Å². The Morgan fingerprint density at radius 2 is 1.76 bits per heavy atom. The van der Waals surface area contributed by atoms with Crippen molar-refractivity contribution in [3.05, 3.63) is 64.9 Å². The normalized spacial score (nSPS) is 11.7. The Bertz CT molecular complexity index is 1150. The zero-order valence-electron chi connectivity index (χ0n) is 18.2. The van der Waals surface area contributed by atoms with E-state index < -0.39 is 23.9 Å². The van der Waals surface area contributed by atoms with Crippen LogP contribution in [-0.4, -0.2) is 34.2 Å². The number of rotatable bonds is 7. The van der Waals surface area contributed by atoms with Crippen LogP contribution in [0.15, 0.2) is 53.1 Å². The van der Waals surface area contributed by atoms with Gasteiger partial charge < -0.3 is 25.6 Å². The topological polar surface area (TPSA) is 134 Å².